The molecule has 2 aromatic rings. The van der Waals surface area contributed by atoms with Crippen molar-refractivity contribution in [2.75, 3.05) is 10.6 Å². The molecule has 1 aliphatic rings. The summed E-state index contributed by atoms with van der Waals surface area (Å²) in [6, 6.07) is 9.47. The van der Waals surface area contributed by atoms with Crippen molar-refractivity contribution in [3.8, 4) is 5.75 Å². The lowest BCUT2D eigenvalue weighted by Gasteiger charge is -2.39. The number of halogens is 1. The zero-order valence-electron chi connectivity index (χ0n) is 17.8. The number of fused-ring (bicyclic) bond motifs is 1. The molecule has 8 heteroatoms. The molecule has 1 aliphatic heterocycles. The van der Waals surface area contributed by atoms with E-state index in [1.165, 1.54) is 19.1 Å². The molecule has 30 heavy (non-hydrogen) atoms. The van der Waals surface area contributed by atoms with Gasteiger partial charge in [0.25, 0.3) is 0 Å². The zero-order chi connectivity index (χ0) is 22.3. The van der Waals surface area contributed by atoms with Crippen LogP contribution < -0.4 is 14.4 Å². The molecular weight excluding hydrogens is 407 g/mol. The molecule has 0 aromatic heterocycles. The number of carbonyl (C=O) groups is 1. The normalized spacial score (nSPS) is 18.7. The van der Waals surface area contributed by atoms with Crippen LogP contribution in [0.25, 0.3) is 0 Å². The fraction of sp³-hybridized carbons (Fsp3) is 0.409. The predicted octanol–water partition coefficient (Wildman–Crippen LogP) is 3.71. The first-order chi connectivity index (χ1) is 13.9. The third-order valence-corrected chi connectivity index (χ3v) is 6.35. The average molecular weight is 435 g/mol. The summed E-state index contributed by atoms with van der Waals surface area (Å²) in [5.41, 5.74) is 1.64. The summed E-state index contributed by atoms with van der Waals surface area (Å²) in [4.78, 5) is 13.1. The second kappa shape index (κ2) is 7.91. The van der Waals surface area contributed by atoms with Crippen LogP contribution in [0.15, 0.2) is 42.5 Å². The van der Waals surface area contributed by atoms with E-state index in [1.807, 2.05) is 39.0 Å². The van der Waals surface area contributed by atoms with E-state index in [4.69, 9.17) is 4.74 Å². The summed E-state index contributed by atoms with van der Waals surface area (Å²) in [6.07, 6.45) is 1.56. The van der Waals surface area contributed by atoms with Crippen LogP contribution in [0.1, 0.15) is 44.4 Å². The van der Waals surface area contributed by atoms with Gasteiger partial charge >= 0.3 is 0 Å². The Morgan fingerprint density at radius 3 is 2.47 bits per heavy atom. The second-order valence-electron chi connectivity index (χ2n) is 8.38. The molecule has 0 aliphatic carbocycles. The lowest BCUT2D eigenvalue weighted by Crippen LogP contribution is -2.50. The van der Waals surface area contributed by atoms with E-state index in [9.17, 15) is 17.6 Å². The highest BCUT2D eigenvalue weighted by molar-refractivity contribution is 7.92. The van der Waals surface area contributed by atoms with E-state index < -0.39 is 33.4 Å². The highest BCUT2D eigenvalue weighted by Gasteiger charge is 2.37. The maximum Gasteiger partial charge on any atom is 0.244 e. The van der Waals surface area contributed by atoms with Crippen molar-refractivity contribution in [2.45, 2.75) is 51.8 Å². The number of ether oxygens (including phenoxy) is 1. The number of rotatable bonds is 5. The van der Waals surface area contributed by atoms with Gasteiger partial charge in [-0.15, -0.1) is 0 Å². The quantitative estimate of drug-likeness (QED) is 0.779. The van der Waals surface area contributed by atoms with Crippen LogP contribution in [0.2, 0.25) is 0 Å². The van der Waals surface area contributed by atoms with Crippen LogP contribution in [0.3, 0.4) is 0 Å². The Bertz CT molecular complexity index is 1050. The summed E-state index contributed by atoms with van der Waals surface area (Å²) in [5.74, 6) is -0.220. The van der Waals surface area contributed by atoms with Gasteiger partial charge in [0.15, 0.2) is 0 Å². The fourth-order valence-corrected chi connectivity index (χ4v) is 4.95. The first-order valence-electron chi connectivity index (χ1n) is 9.72. The van der Waals surface area contributed by atoms with Gasteiger partial charge in [0.1, 0.15) is 23.2 Å². The summed E-state index contributed by atoms with van der Waals surface area (Å²) in [7, 11) is -3.78. The Hall–Kier alpha value is -2.61. The third kappa shape index (κ3) is 4.75. The molecule has 162 valence electrons. The molecule has 2 atom stereocenters. The third-order valence-electron chi connectivity index (χ3n) is 5.11. The molecular formula is C22H27FN2O4S. The summed E-state index contributed by atoms with van der Waals surface area (Å²) in [6.45, 7) is 7.37. The SMILES string of the molecule is Cc1ccc2c(c1)OC(C)(C)C[C@@H]2NC(=O)[C@H](C)N(c1ccc(F)cc1)S(C)(=O)=O. The van der Waals surface area contributed by atoms with Crippen LogP contribution in [0, 0.1) is 12.7 Å². The van der Waals surface area contributed by atoms with E-state index in [0.717, 1.165) is 33.8 Å². The first kappa shape index (κ1) is 22.1. The van der Waals surface area contributed by atoms with Gasteiger partial charge in [0.05, 0.1) is 18.0 Å². The van der Waals surface area contributed by atoms with Gasteiger partial charge in [-0.3, -0.25) is 9.10 Å². The lowest BCUT2D eigenvalue weighted by atomic mass is 9.89. The molecule has 1 heterocycles. The summed E-state index contributed by atoms with van der Waals surface area (Å²) in [5, 5.41) is 2.98. The highest BCUT2D eigenvalue weighted by atomic mass is 32.2. The van der Waals surface area contributed by atoms with Crippen molar-refractivity contribution < 1.29 is 22.3 Å². The molecule has 0 saturated carbocycles. The zero-order valence-corrected chi connectivity index (χ0v) is 18.6. The Balaban J connectivity index is 1.89. The summed E-state index contributed by atoms with van der Waals surface area (Å²) >= 11 is 0. The Kier molecular flexibility index (Phi) is 5.82. The molecule has 0 bridgehead atoms. The van der Waals surface area contributed by atoms with Crippen molar-refractivity contribution in [2.24, 2.45) is 0 Å². The fourth-order valence-electron chi connectivity index (χ4n) is 3.78. The molecule has 2 aromatic carbocycles. The maximum atomic E-state index is 13.3. The van der Waals surface area contributed by atoms with Gasteiger partial charge < -0.3 is 10.1 Å². The Morgan fingerprint density at radius 1 is 1.23 bits per heavy atom. The van der Waals surface area contributed by atoms with E-state index in [0.29, 0.717) is 12.2 Å². The number of benzene rings is 2. The molecule has 1 amide bonds. The van der Waals surface area contributed by atoms with Gasteiger partial charge in [-0.25, -0.2) is 12.8 Å². The maximum absolute atomic E-state index is 13.3. The van der Waals surface area contributed by atoms with E-state index in [2.05, 4.69) is 5.32 Å². The number of hydrogen-bond donors (Lipinski definition) is 1. The van der Waals surface area contributed by atoms with Crippen molar-refractivity contribution in [1.29, 1.82) is 0 Å². The molecule has 0 radical (unpaired) electrons. The number of carbonyl (C=O) groups excluding carboxylic acids is 1. The smallest absolute Gasteiger partial charge is 0.244 e. The molecule has 3 rings (SSSR count). The molecule has 0 unspecified atom stereocenters. The summed E-state index contributed by atoms with van der Waals surface area (Å²) < 4.78 is 45.2. The van der Waals surface area contributed by atoms with Crippen LogP contribution in [0.4, 0.5) is 10.1 Å². The van der Waals surface area contributed by atoms with Gasteiger partial charge in [0, 0.05) is 12.0 Å². The van der Waals surface area contributed by atoms with E-state index >= 15 is 0 Å². The van der Waals surface area contributed by atoms with Crippen LogP contribution >= 0.6 is 0 Å². The minimum absolute atomic E-state index is 0.227. The van der Waals surface area contributed by atoms with Gasteiger partial charge in [0.2, 0.25) is 15.9 Å². The minimum atomic E-state index is -3.78. The molecule has 0 fully saturated rings. The van der Waals surface area contributed by atoms with Gasteiger partial charge in [-0.05, 0) is 63.6 Å². The van der Waals surface area contributed by atoms with Crippen molar-refractivity contribution in [1.82, 2.24) is 5.32 Å². The number of aryl methyl sites for hydroxylation is 1. The number of nitrogens with one attached hydrogen (secondary N) is 1. The van der Waals surface area contributed by atoms with Gasteiger partial charge in [-0.2, -0.15) is 0 Å². The van der Waals surface area contributed by atoms with E-state index in [1.54, 1.807) is 0 Å². The number of anilines is 1. The average Bonchev–Trinajstić information content (AvgIpc) is 2.61. The van der Waals surface area contributed by atoms with Crippen molar-refractivity contribution in [3.63, 3.8) is 0 Å². The lowest BCUT2D eigenvalue weighted by molar-refractivity contribution is -0.123. The Labute approximate surface area is 177 Å². The monoisotopic (exact) mass is 434 g/mol. The molecule has 0 saturated heterocycles. The first-order valence-corrected chi connectivity index (χ1v) is 11.6. The predicted molar refractivity (Wildman–Crippen MR) is 115 cm³/mol. The molecule has 6 nitrogen and oxygen atoms in total. The largest absolute Gasteiger partial charge is 0.487 e. The molecule has 0 spiro atoms. The van der Waals surface area contributed by atoms with Crippen molar-refractivity contribution in [3.05, 3.63) is 59.4 Å². The van der Waals surface area contributed by atoms with Gasteiger partial charge in [-0.1, -0.05) is 12.1 Å². The minimum Gasteiger partial charge on any atom is -0.487 e. The van der Waals surface area contributed by atoms with Crippen LogP contribution in [0.5, 0.6) is 5.75 Å². The van der Waals surface area contributed by atoms with Crippen LogP contribution in [-0.4, -0.2) is 32.2 Å². The topological polar surface area (TPSA) is 75.7 Å². The number of hydrogen-bond acceptors (Lipinski definition) is 4. The highest BCUT2D eigenvalue weighted by Crippen LogP contribution is 2.40. The number of amides is 1. The van der Waals surface area contributed by atoms with E-state index in [-0.39, 0.29) is 11.7 Å². The molecule has 1 N–H and O–H groups in total. The standard InChI is InChI=1S/C22H27FN2O4S/c1-14-6-11-18-19(13-22(3,4)29-20(18)12-14)24-21(26)15(2)25(30(5,27)28)17-9-7-16(23)8-10-17/h6-12,15,19H,13H2,1-5H3,(H,24,26)/t15-,19-/m0/s1. The second-order valence-corrected chi connectivity index (χ2v) is 10.2. The number of sulfonamides is 1. The van der Waals surface area contributed by atoms with Crippen LogP contribution in [-0.2, 0) is 14.8 Å². The Morgan fingerprint density at radius 2 is 1.87 bits per heavy atom. The number of nitrogens with zero attached hydrogens (tertiary/aromatic N) is 1. The van der Waals surface area contributed by atoms with Crippen molar-refractivity contribution >= 4 is 21.6 Å².